The largest absolute Gasteiger partial charge is 0.468 e. The summed E-state index contributed by atoms with van der Waals surface area (Å²) in [5.41, 5.74) is 2.08. The fraction of sp³-hybridized carbons (Fsp3) is 0.400. The number of rotatable bonds is 3. The van der Waals surface area contributed by atoms with Crippen molar-refractivity contribution in [2.75, 3.05) is 20.2 Å². The minimum absolute atomic E-state index is 0.174. The molecular formula is C15H18N2O2. The Labute approximate surface area is 112 Å². The first-order chi connectivity index (χ1) is 9.31. The van der Waals surface area contributed by atoms with Gasteiger partial charge in [0.15, 0.2) is 0 Å². The van der Waals surface area contributed by atoms with Crippen LogP contribution in [0, 0.1) is 0 Å². The zero-order valence-electron chi connectivity index (χ0n) is 11.1. The number of carbonyl (C=O) groups is 1. The molecule has 2 aromatic rings. The maximum Gasteiger partial charge on any atom is 0.327 e. The SMILES string of the molecule is COC(=O)C(c1c[nH]c2ccccc12)N1CCCC1. The van der Waals surface area contributed by atoms with Crippen molar-refractivity contribution in [2.45, 2.75) is 18.9 Å². The molecule has 0 spiro atoms. The van der Waals surface area contributed by atoms with Crippen molar-refractivity contribution in [3.05, 3.63) is 36.0 Å². The van der Waals surface area contributed by atoms with E-state index >= 15 is 0 Å². The van der Waals surface area contributed by atoms with Crippen LogP contribution in [-0.4, -0.2) is 36.1 Å². The third kappa shape index (κ3) is 2.12. The molecule has 4 nitrogen and oxygen atoms in total. The third-order valence-electron chi connectivity index (χ3n) is 3.85. The molecule has 0 saturated carbocycles. The number of methoxy groups -OCH3 is 1. The molecule has 1 atom stereocenters. The number of para-hydroxylation sites is 1. The van der Waals surface area contributed by atoms with Crippen LogP contribution in [0.2, 0.25) is 0 Å². The van der Waals surface area contributed by atoms with E-state index in [-0.39, 0.29) is 12.0 Å². The van der Waals surface area contributed by atoms with Crippen molar-refractivity contribution in [2.24, 2.45) is 0 Å². The second-order valence-electron chi connectivity index (χ2n) is 4.96. The zero-order chi connectivity index (χ0) is 13.2. The lowest BCUT2D eigenvalue weighted by Crippen LogP contribution is -2.32. The van der Waals surface area contributed by atoms with E-state index in [0.717, 1.165) is 42.4 Å². The van der Waals surface area contributed by atoms with Crippen LogP contribution in [-0.2, 0) is 9.53 Å². The van der Waals surface area contributed by atoms with Crippen LogP contribution >= 0.6 is 0 Å². The van der Waals surface area contributed by atoms with E-state index in [1.165, 1.54) is 7.11 Å². The molecular weight excluding hydrogens is 240 g/mol. The summed E-state index contributed by atoms with van der Waals surface area (Å²) in [6.07, 6.45) is 4.23. The predicted molar refractivity (Wildman–Crippen MR) is 73.9 cm³/mol. The smallest absolute Gasteiger partial charge is 0.327 e. The Morgan fingerprint density at radius 3 is 2.79 bits per heavy atom. The Hall–Kier alpha value is -1.81. The average Bonchev–Trinajstić information content (AvgIpc) is 3.09. The van der Waals surface area contributed by atoms with Gasteiger partial charge in [0, 0.05) is 22.7 Å². The maximum atomic E-state index is 12.2. The highest BCUT2D eigenvalue weighted by atomic mass is 16.5. The monoisotopic (exact) mass is 258 g/mol. The molecule has 2 heterocycles. The topological polar surface area (TPSA) is 45.3 Å². The molecule has 1 aromatic heterocycles. The summed E-state index contributed by atoms with van der Waals surface area (Å²) >= 11 is 0. The van der Waals surface area contributed by atoms with Crippen molar-refractivity contribution in [1.82, 2.24) is 9.88 Å². The lowest BCUT2D eigenvalue weighted by Gasteiger charge is -2.24. The number of aromatic amines is 1. The van der Waals surface area contributed by atoms with Gasteiger partial charge in [0.05, 0.1) is 7.11 Å². The van der Waals surface area contributed by atoms with E-state index in [4.69, 9.17) is 4.74 Å². The lowest BCUT2D eigenvalue weighted by atomic mass is 10.0. The summed E-state index contributed by atoms with van der Waals surface area (Å²) in [7, 11) is 1.46. The molecule has 1 aliphatic heterocycles. The first kappa shape index (κ1) is 12.2. The van der Waals surface area contributed by atoms with E-state index < -0.39 is 0 Å². The minimum atomic E-state index is -0.288. The summed E-state index contributed by atoms with van der Waals surface area (Å²) in [5, 5.41) is 1.10. The summed E-state index contributed by atoms with van der Waals surface area (Å²) in [5.74, 6) is -0.174. The van der Waals surface area contributed by atoms with Gasteiger partial charge in [0.25, 0.3) is 0 Å². The number of ether oxygens (including phenoxy) is 1. The number of nitrogens with zero attached hydrogens (tertiary/aromatic N) is 1. The summed E-state index contributed by atoms with van der Waals surface area (Å²) < 4.78 is 5.00. The van der Waals surface area contributed by atoms with E-state index in [2.05, 4.69) is 9.88 Å². The number of fused-ring (bicyclic) bond motifs is 1. The van der Waals surface area contributed by atoms with Gasteiger partial charge in [-0.15, -0.1) is 0 Å². The van der Waals surface area contributed by atoms with E-state index in [1.54, 1.807) is 0 Å². The number of likely N-dealkylation sites (tertiary alicyclic amines) is 1. The third-order valence-corrected chi connectivity index (χ3v) is 3.85. The van der Waals surface area contributed by atoms with E-state index in [9.17, 15) is 4.79 Å². The first-order valence-corrected chi connectivity index (χ1v) is 6.69. The minimum Gasteiger partial charge on any atom is -0.468 e. The zero-order valence-corrected chi connectivity index (χ0v) is 11.1. The molecule has 1 saturated heterocycles. The lowest BCUT2D eigenvalue weighted by molar-refractivity contribution is -0.146. The molecule has 1 N–H and O–H groups in total. The molecule has 1 aromatic carbocycles. The Morgan fingerprint density at radius 1 is 1.32 bits per heavy atom. The fourth-order valence-corrected chi connectivity index (χ4v) is 2.90. The highest BCUT2D eigenvalue weighted by Crippen LogP contribution is 2.31. The van der Waals surface area contributed by atoms with Gasteiger partial charge in [0.1, 0.15) is 6.04 Å². The van der Waals surface area contributed by atoms with Gasteiger partial charge in [-0.2, -0.15) is 0 Å². The number of hydrogen-bond donors (Lipinski definition) is 1. The summed E-state index contributed by atoms with van der Waals surface area (Å²) in [6.45, 7) is 1.92. The quantitative estimate of drug-likeness (QED) is 0.860. The number of esters is 1. The molecule has 1 unspecified atom stereocenters. The van der Waals surface area contributed by atoms with Crippen molar-refractivity contribution in [1.29, 1.82) is 0 Å². The van der Waals surface area contributed by atoms with Crippen molar-refractivity contribution >= 4 is 16.9 Å². The Morgan fingerprint density at radius 2 is 2.05 bits per heavy atom. The normalized spacial score (nSPS) is 17.7. The van der Waals surface area contributed by atoms with Crippen LogP contribution in [0.1, 0.15) is 24.4 Å². The number of aromatic nitrogens is 1. The van der Waals surface area contributed by atoms with Crippen molar-refractivity contribution in [3.8, 4) is 0 Å². The first-order valence-electron chi connectivity index (χ1n) is 6.69. The molecule has 0 radical (unpaired) electrons. The molecule has 100 valence electrons. The molecule has 0 bridgehead atoms. The highest BCUT2D eigenvalue weighted by Gasteiger charge is 2.32. The second-order valence-corrected chi connectivity index (χ2v) is 4.96. The Kier molecular flexibility index (Phi) is 3.25. The molecule has 0 aliphatic carbocycles. The van der Waals surface area contributed by atoms with E-state index in [1.807, 2.05) is 30.5 Å². The standard InChI is InChI=1S/C15H18N2O2/c1-19-15(18)14(17-8-4-5-9-17)12-10-16-13-7-3-2-6-11(12)13/h2-3,6-7,10,14,16H,4-5,8-9H2,1H3. The number of hydrogen-bond acceptors (Lipinski definition) is 3. The predicted octanol–water partition coefficient (Wildman–Crippen LogP) is 2.48. The Bertz CT molecular complexity index is 585. The molecule has 0 amide bonds. The molecule has 3 rings (SSSR count). The van der Waals surface area contributed by atoms with Crippen LogP contribution in [0.25, 0.3) is 10.9 Å². The van der Waals surface area contributed by atoms with Gasteiger partial charge in [-0.25, -0.2) is 4.79 Å². The van der Waals surface area contributed by atoms with Gasteiger partial charge in [0.2, 0.25) is 0 Å². The van der Waals surface area contributed by atoms with Gasteiger partial charge < -0.3 is 9.72 Å². The van der Waals surface area contributed by atoms with Crippen LogP contribution in [0.15, 0.2) is 30.5 Å². The van der Waals surface area contributed by atoms with Crippen LogP contribution in [0.3, 0.4) is 0 Å². The number of benzene rings is 1. The van der Waals surface area contributed by atoms with Gasteiger partial charge >= 0.3 is 5.97 Å². The van der Waals surface area contributed by atoms with Gasteiger partial charge in [-0.1, -0.05) is 18.2 Å². The Balaban J connectivity index is 2.05. The average molecular weight is 258 g/mol. The van der Waals surface area contributed by atoms with Crippen molar-refractivity contribution in [3.63, 3.8) is 0 Å². The van der Waals surface area contributed by atoms with Crippen molar-refractivity contribution < 1.29 is 9.53 Å². The molecule has 1 aliphatic rings. The van der Waals surface area contributed by atoms with Crippen LogP contribution in [0.5, 0.6) is 0 Å². The summed E-state index contributed by atoms with van der Waals surface area (Å²) in [6, 6.07) is 7.78. The maximum absolute atomic E-state index is 12.2. The number of carbonyl (C=O) groups excluding carboxylic acids is 1. The van der Waals surface area contributed by atoms with Gasteiger partial charge in [-0.3, -0.25) is 4.90 Å². The second kappa shape index (κ2) is 5.05. The highest BCUT2D eigenvalue weighted by molar-refractivity contribution is 5.89. The van der Waals surface area contributed by atoms with Crippen LogP contribution < -0.4 is 0 Å². The molecule has 4 heteroatoms. The van der Waals surface area contributed by atoms with Gasteiger partial charge in [-0.05, 0) is 32.0 Å². The number of nitrogens with one attached hydrogen (secondary N) is 1. The van der Waals surface area contributed by atoms with E-state index in [0.29, 0.717) is 0 Å². The van der Waals surface area contributed by atoms with Crippen LogP contribution in [0.4, 0.5) is 0 Å². The fourth-order valence-electron chi connectivity index (χ4n) is 2.90. The number of H-pyrrole nitrogens is 1. The molecule has 19 heavy (non-hydrogen) atoms. The summed E-state index contributed by atoms with van der Waals surface area (Å²) in [4.78, 5) is 17.6. The molecule has 1 fully saturated rings.